The van der Waals surface area contributed by atoms with E-state index in [-0.39, 0.29) is 16.1 Å². The molecular formula is C8H8BrNO3S. The fourth-order valence-corrected chi connectivity index (χ4v) is 1.91. The first-order chi connectivity index (χ1) is 6.56. The number of rotatable bonds is 3. The van der Waals surface area contributed by atoms with Crippen molar-refractivity contribution in [2.24, 2.45) is 0 Å². The predicted octanol–water partition coefficient (Wildman–Crippen LogP) is 2.09. The van der Waals surface area contributed by atoms with Crippen LogP contribution in [0.15, 0.2) is 5.38 Å². The van der Waals surface area contributed by atoms with Gasteiger partial charge in [0.2, 0.25) is 5.91 Å². The van der Waals surface area contributed by atoms with Gasteiger partial charge >= 0.3 is 5.97 Å². The molecule has 0 radical (unpaired) electrons. The van der Waals surface area contributed by atoms with Crippen LogP contribution >= 0.6 is 27.3 Å². The Balaban J connectivity index is 2.99. The Labute approximate surface area is 93.1 Å². The van der Waals surface area contributed by atoms with Crippen molar-refractivity contribution in [3.63, 3.8) is 0 Å². The van der Waals surface area contributed by atoms with Crippen LogP contribution in [-0.4, -0.2) is 22.3 Å². The third-order valence-corrected chi connectivity index (χ3v) is 3.15. The highest BCUT2D eigenvalue weighted by molar-refractivity contribution is 9.09. The fraction of sp³-hybridized carbons (Fsp3) is 0.250. The smallest absolute Gasteiger partial charge is 0.348 e. The highest BCUT2D eigenvalue weighted by Crippen LogP contribution is 2.27. The molecule has 1 heterocycles. The van der Waals surface area contributed by atoms with E-state index in [1.807, 2.05) is 0 Å². The minimum Gasteiger partial charge on any atom is -0.477 e. The first-order valence-corrected chi connectivity index (χ1v) is 5.73. The molecule has 0 aliphatic rings. The molecule has 4 nitrogen and oxygen atoms in total. The van der Waals surface area contributed by atoms with Gasteiger partial charge in [-0.05, 0) is 17.9 Å². The molecule has 1 aromatic heterocycles. The summed E-state index contributed by atoms with van der Waals surface area (Å²) in [6, 6.07) is 0. The van der Waals surface area contributed by atoms with Crippen molar-refractivity contribution in [2.45, 2.75) is 6.92 Å². The molecule has 0 fully saturated rings. The van der Waals surface area contributed by atoms with Gasteiger partial charge < -0.3 is 10.4 Å². The van der Waals surface area contributed by atoms with Crippen LogP contribution in [-0.2, 0) is 4.79 Å². The molecule has 0 atom stereocenters. The molecule has 0 bridgehead atoms. The quantitative estimate of drug-likeness (QED) is 0.832. The van der Waals surface area contributed by atoms with Crippen LogP contribution in [0.25, 0.3) is 0 Å². The minimum atomic E-state index is -1.02. The fourth-order valence-electron chi connectivity index (χ4n) is 0.930. The maximum atomic E-state index is 11.1. The molecule has 0 aliphatic carbocycles. The van der Waals surface area contributed by atoms with Gasteiger partial charge in [0, 0.05) is 0 Å². The van der Waals surface area contributed by atoms with Crippen molar-refractivity contribution in [3.8, 4) is 0 Å². The number of nitrogens with one attached hydrogen (secondary N) is 1. The molecular weight excluding hydrogens is 270 g/mol. The Morgan fingerprint density at radius 1 is 1.64 bits per heavy atom. The van der Waals surface area contributed by atoms with E-state index in [0.717, 1.165) is 16.9 Å². The summed E-state index contributed by atoms with van der Waals surface area (Å²) in [6.07, 6.45) is 0. The first-order valence-electron chi connectivity index (χ1n) is 3.73. The van der Waals surface area contributed by atoms with Crippen LogP contribution in [0.4, 0.5) is 5.69 Å². The normalized spacial score (nSPS) is 9.86. The number of alkyl halides is 1. The molecule has 0 saturated heterocycles. The molecule has 0 unspecified atom stereocenters. The van der Waals surface area contributed by atoms with Gasteiger partial charge in [-0.1, -0.05) is 15.9 Å². The summed E-state index contributed by atoms with van der Waals surface area (Å²) in [5.41, 5.74) is 1.16. The number of anilines is 1. The zero-order valence-electron chi connectivity index (χ0n) is 7.33. The highest BCUT2D eigenvalue weighted by atomic mass is 79.9. The van der Waals surface area contributed by atoms with E-state index in [2.05, 4.69) is 21.2 Å². The maximum Gasteiger partial charge on any atom is 0.348 e. The number of carbonyl (C=O) groups is 2. The van der Waals surface area contributed by atoms with E-state index < -0.39 is 5.97 Å². The van der Waals surface area contributed by atoms with E-state index in [1.54, 1.807) is 12.3 Å². The van der Waals surface area contributed by atoms with Crippen molar-refractivity contribution in [2.75, 3.05) is 10.6 Å². The number of aryl methyl sites for hydroxylation is 1. The average molecular weight is 278 g/mol. The summed E-state index contributed by atoms with van der Waals surface area (Å²) >= 11 is 4.10. The second kappa shape index (κ2) is 4.56. The van der Waals surface area contributed by atoms with Gasteiger partial charge in [-0.3, -0.25) is 4.79 Å². The van der Waals surface area contributed by atoms with Crippen molar-refractivity contribution in [1.29, 1.82) is 0 Å². The topological polar surface area (TPSA) is 66.4 Å². The third-order valence-electron chi connectivity index (χ3n) is 1.55. The van der Waals surface area contributed by atoms with Crippen molar-refractivity contribution < 1.29 is 14.7 Å². The number of halogens is 1. The Morgan fingerprint density at radius 3 is 2.79 bits per heavy atom. The molecule has 0 spiro atoms. The van der Waals surface area contributed by atoms with Gasteiger partial charge in [0.25, 0.3) is 0 Å². The lowest BCUT2D eigenvalue weighted by Crippen LogP contribution is -2.14. The number of carbonyl (C=O) groups excluding carboxylic acids is 1. The maximum absolute atomic E-state index is 11.1. The lowest BCUT2D eigenvalue weighted by molar-refractivity contribution is -0.113. The Morgan fingerprint density at radius 2 is 2.29 bits per heavy atom. The number of hydrogen-bond donors (Lipinski definition) is 2. The van der Waals surface area contributed by atoms with Crippen molar-refractivity contribution in [1.82, 2.24) is 0 Å². The average Bonchev–Trinajstić information content (AvgIpc) is 2.48. The summed E-state index contributed by atoms with van der Waals surface area (Å²) in [4.78, 5) is 22.0. The van der Waals surface area contributed by atoms with Crippen LogP contribution < -0.4 is 5.32 Å². The third kappa shape index (κ3) is 2.33. The monoisotopic (exact) mass is 277 g/mol. The van der Waals surface area contributed by atoms with Crippen LogP contribution in [0.1, 0.15) is 15.2 Å². The van der Waals surface area contributed by atoms with E-state index in [0.29, 0.717) is 5.69 Å². The molecule has 2 N–H and O–H groups in total. The van der Waals surface area contributed by atoms with Crippen molar-refractivity contribution >= 4 is 44.8 Å². The summed E-state index contributed by atoms with van der Waals surface area (Å²) < 4.78 is 0. The molecule has 0 aromatic carbocycles. The summed E-state index contributed by atoms with van der Waals surface area (Å²) in [5, 5.41) is 13.2. The molecule has 1 rings (SSSR count). The zero-order chi connectivity index (χ0) is 10.7. The molecule has 0 saturated carbocycles. The number of amides is 1. The predicted molar refractivity (Wildman–Crippen MR) is 58.4 cm³/mol. The minimum absolute atomic E-state index is 0.154. The Kier molecular flexibility index (Phi) is 3.65. The molecule has 76 valence electrons. The van der Waals surface area contributed by atoms with Crippen LogP contribution in [0, 0.1) is 6.92 Å². The van der Waals surface area contributed by atoms with Crippen LogP contribution in [0.5, 0.6) is 0 Å². The lowest BCUT2D eigenvalue weighted by atomic mass is 10.2. The van der Waals surface area contributed by atoms with Gasteiger partial charge in [0.1, 0.15) is 4.88 Å². The number of carboxylic acids is 1. The van der Waals surface area contributed by atoms with E-state index >= 15 is 0 Å². The van der Waals surface area contributed by atoms with Gasteiger partial charge in [0.05, 0.1) is 11.0 Å². The van der Waals surface area contributed by atoms with Gasteiger partial charge in [-0.2, -0.15) is 0 Å². The van der Waals surface area contributed by atoms with Crippen LogP contribution in [0.2, 0.25) is 0 Å². The Bertz CT molecular complexity index is 375. The van der Waals surface area contributed by atoms with Crippen molar-refractivity contribution in [3.05, 3.63) is 15.8 Å². The Hall–Kier alpha value is -0.880. The van der Waals surface area contributed by atoms with E-state index in [1.165, 1.54) is 0 Å². The molecule has 6 heteroatoms. The standard InChI is InChI=1S/C8H8BrNO3S/c1-4-3-14-7(8(12)13)6(4)10-5(11)2-9/h3H,2H2,1H3,(H,10,11)(H,12,13). The number of hydrogen-bond acceptors (Lipinski definition) is 3. The molecule has 1 aromatic rings. The summed E-state index contributed by atoms with van der Waals surface area (Å²) in [7, 11) is 0. The number of aromatic carboxylic acids is 1. The molecule has 0 aliphatic heterocycles. The molecule has 14 heavy (non-hydrogen) atoms. The summed E-state index contributed by atoms with van der Waals surface area (Å²) in [6.45, 7) is 1.76. The zero-order valence-corrected chi connectivity index (χ0v) is 9.74. The SMILES string of the molecule is Cc1csc(C(=O)O)c1NC(=O)CBr. The second-order valence-corrected chi connectivity index (χ2v) is 4.05. The number of carboxylic acid groups (broad SMARTS) is 1. The van der Waals surface area contributed by atoms with E-state index in [9.17, 15) is 9.59 Å². The first kappa shape index (κ1) is 11.2. The highest BCUT2D eigenvalue weighted by Gasteiger charge is 2.16. The number of thiophene rings is 1. The van der Waals surface area contributed by atoms with Gasteiger partial charge in [-0.15, -0.1) is 11.3 Å². The lowest BCUT2D eigenvalue weighted by Gasteiger charge is -2.03. The van der Waals surface area contributed by atoms with Gasteiger partial charge in [0.15, 0.2) is 0 Å². The molecule has 1 amide bonds. The van der Waals surface area contributed by atoms with Crippen LogP contribution in [0.3, 0.4) is 0 Å². The van der Waals surface area contributed by atoms with Gasteiger partial charge in [-0.25, -0.2) is 4.79 Å². The largest absolute Gasteiger partial charge is 0.477 e. The van der Waals surface area contributed by atoms with E-state index in [4.69, 9.17) is 5.11 Å². The summed E-state index contributed by atoms with van der Waals surface area (Å²) in [5.74, 6) is -1.28. The second-order valence-electron chi connectivity index (χ2n) is 2.61.